The molecule has 0 saturated heterocycles. The second-order valence-electron chi connectivity index (χ2n) is 3.86. The van der Waals surface area contributed by atoms with Crippen molar-refractivity contribution in [2.24, 2.45) is 5.92 Å². The van der Waals surface area contributed by atoms with E-state index in [1.54, 1.807) is 0 Å². The zero-order valence-corrected chi connectivity index (χ0v) is 9.42. The van der Waals surface area contributed by atoms with Crippen LogP contribution in [0.4, 0.5) is 0 Å². The molecule has 1 aliphatic rings. The van der Waals surface area contributed by atoms with Gasteiger partial charge in [0, 0.05) is 17.5 Å². The lowest BCUT2D eigenvalue weighted by Gasteiger charge is -2.03. The smallest absolute Gasteiger partial charge is 0.223 e. The van der Waals surface area contributed by atoms with Gasteiger partial charge in [-0.2, -0.15) is 0 Å². The third kappa shape index (κ3) is 2.15. The number of amides is 1. The maximum atomic E-state index is 11.5. The summed E-state index contributed by atoms with van der Waals surface area (Å²) in [5.41, 5.74) is 1.11. The van der Waals surface area contributed by atoms with Gasteiger partial charge in [0.1, 0.15) is 0 Å². The number of carbonyl (C=O) groups excluding carboxylic acids is 1. The van der Waals surface area contributed by atoms with Gasteiger partial charge in [0.2, 0.25) is 5.91 Å². The number of hydrogen-bond donors (Lipinski definition) is 1. The lowest BCUT2D eigenvalue weighted by Crippen LogP contribution is -2.24. The van der Waals surface area contributed by atoms with Gasteiger partial charge in [-0.05, 0) is 30.9 Å². The van der Waals surface area contributed by atoms with E-state index in [4.69, 9.17) is 11.6 Å². The van der Waals surface area contributed by atoms with E-state index in [2.05, 4.69) is 5.32 Å². The van der Waals surface area contributed by atoms with Crippen LogP contribution in [0.25, 0.3) is 0 Å². The van der Waals surface area contributed by atoms with E-state index >= 15 is 0 Å². The van der Waals surface area contributed by atoms with Gasteiger partial charge in [0.25, 0.3) is 0 Å². The summed E-state index contributed by atoms with van der Waals surface area (Å²) in [6.07, 6.45) is 0.926. The second kappa shape index (κ2) is 4.23. The molecule has 1 amide bonds. The Morgan fingerprint density at radius 2 is 2.27 bits per heavy atom. The van der Waals surface area contributed by atoms with Crippen LogP contribution >= 0.6 is 11.6 Å². The first-order valence-corrected chi connectivity index (χ1v) is 5.64. The second-order valence-corrected chi connectivity index (χ2v) is 4.27. The molecule has 0 spiro atoms. The average molecular weight is 224 g/mol. The van der Waals surface area contributed by atoms with E-state index in [1.807, 2.05) is 31.2 Å². The maximum absolute atomic E-state index is 11.5. The average Bonchev–Trinajstić information content (AvgIpc) is 2.98. The summed E-state index contributed by atoms with van der Waals surface area (Å²) in [5, 5.41) is 3.62. The number of halogens is 1. The highest BCUT2D eigenvalue weighted by Gasteiger charge is 2.44. The molecule has 1 aromatic rings. The van der Waals surface area contributed by atoms with E-state index in [0.29, 0.717) is 12.5 Å². The van der Waals surface area contributed by atoms with Gasteiger partial charge in [-0.15, -0.1) is 0 Å². The Kier molecular flexibility index (Phi) is 2.96. The number of rotatable bonds is 3. The number of benzene rings is 1. The summed E-state index contributed by atoms with van der Waals surface area (Å²) < 4.78 is 0. The molecule has 2 rings (SSSR count). The van der Waals surface area contributed by atoms with Crippen LogP contribution in [0.3, 0.4) is 0 Å². The Hall–Kier alpha value is -1.02. The molecule has 80 valence electrons. The molecule has 1 fully saturated rings. The molecule has 0 aromatic heterocycles. The van der Waals surface area contributed by atoms with Crippen LogP contribution in [-0.4, -0.2) is 12.5 Å². The summed E-state index contributed by atoms with van der Waals surface area (Å²) in [7, 11) is 0. The highest BCUT2D eigenvalue weighted by Crippen LogP contribution is 2.49. The molecular formula is C12H14ClNO. The third-order valence-electron chi connectivity index (χ3n) is 2.78. The molecule has 2 unspecified atom stereocenters. The molecule has 15 heavy (non-hydrogen) atoms. The highest BCUT2D eigenvalue weighted by molar-refractivity contribution is 6.31. The molecule has 1 aromatic carbocycles. The van der Waals surface area contributed by atoms with Gasteiger partial charge < -0.3 is 5.32 Å². The normalized spacial score (nSPS) is 23.6. The first-order chi connectivity index (χ1) is 7.24. The molecule has 1 saturated carbocycles. The van der Waals surface area contributed by atoms with Gasteiger partial charge in [0.05, 0.1) is 0 Å². The Morgan fingerprint density at radius 1 is 1.53 bits per heavy atom. The molecule has 0 radical (unpaired) electrons. The van der Waals surface area contributed by atoms with Crippen molar-refractivity contribution in [3.63, 3.8) is 0 Å². The molecule has 3 heteroatoms. The zero-order chi connectivity index (χ0) is 10.8. The highest BCUT2D eigenvalue weighted by atomic mass is 35.5. The summed E-state index contributed by atoms with van der Waals surface area (Å²) >= 11 is 6.07. The van der Waals surface area contributed by atoms with Gasteiger partial charge in [0.15, 0.2) is 0 Å². The van der Waals surface area contributed by atoms with Crippen LogP contribution in [0.1, 0.15) is 24.8 Å². The topological polar surface area (TPSA) is 29.1 Å². The Balaban J connectivity index is 2.05. The standard InChI is InChI=1S/C12H14ClNO/c1-2-14-12(15)10-7-9(10)8-5-3-4-6-11(8)13/h3-6,9-10H,2,7H2,1H3,(H,14,15). The first kappa shape index (κ1) is 10.5. The van der Waals surface area contributed by atoms with Crippen LogP contribution in [0, 0.1) is 5.92 Å². The van der Waals surface area contributed by atoms with Crippen LogP contribution in [-0.2, 0) is 4.79 Å². The fourth-order valence-corrected chi connectivity index (χ4v) is 2.19. The third-order valence-corrected chi connectivity index (χ3v) is 3.13. The largest absolute Gasteiger partial charge is 0.356 e. The molecular weight excluding hydrogens is 210 g/mol. The van der Waals surface area contributed by atoms with E-state index < -0.39 is 0 Å². The van der Waals surface area contributed by atoms with Crippen LogP contribution in [0.2, 0.25) is 5.02 Å². The predicted octanol–water partition coefficient (Wildman–Crippen LogP) is 2.58. The summed E-state index contributed by atoms with van der Waals surface area (Å²) in [6, 6.07) is 7.76. The summed E-state index contributed by atoms with van der Waals surface area (Å²) in [6.45, 7) is 2.63. The number of nitrogens with one attached hydrogen (secondary N) is 1. The first-order valence-electron chi connectivity index (χ1n) is 5.26. The minimum absolute atomic E-state index is 0.129. The predicted molar refractivity (Wildman–Crippen MR) is 61.0 cm³/mol. The lowest BCUT2D eigenvalue weighted by atomic mass is 10.1. The Labute approximate surface area is 94.6 Å². The van der Waals surface area contributed by atoms with Crippen molar-refractivity contribution in [1.82, 2.24) is 5.32 Å². The van der Waals surface area contributed by atoms with Crippen molar-refractivity contribution in [1.29, 1.82) is 0 Å². The monoisotopic (exact) mass is 223 g/mol. The molecule has 1 aliphatic carbocycles. The van der Waals surface area contributed by atoms with Gasteiger partial charge >= 0.3 is 0 Å². The summed E-state index contributed by atoms with van der Waals surface area (Å²) in [5.74, 6) is 0.609. The van der Waals surface area contributed by atoms with Gasteiger partial charge in [-0.3, -0.25) is 4.79 Å². The zero-order valence-electron chi connectivity index (χ0n) is 8.66. The van der Waals surface area contributed by atoms with Crippen molar-refractivity contribution < 1.29 is 4.79 Å². The van der Waals surface area contributed by atoms with Crippen molar-refractivity contribution in [3.05, 3.63) is 34.9 Å². The van der Waals surface area contributed by atoms with Crippen LogP contribution in [0.15, 0.2) is 24.3 Å². The van der Waals surface area contributed by atoms with E-state index in [1.165, 1.54) is 0 Å². The maximum Gasteiger partial charge on any atom is 0.223 e. The minimum atomic E-state index is 0.129. The van der Waals surface area contributed by atoms with Crippen molar-refractivity contribution >= 4 is 17.5 Å². The van der Waals surface area contributed by atoms with Gasteiger partial charge in [-0.1, -0.05) is 29.8 Å². The van der Waals surface area contributed by atoms with E-state index in [9.17, 15) is 4.79 Å². The Morgan fingerprint density at radius 3 is 2.93 bits per heavy atom. The number of hydrogen-bond acceptors (Lipinski definition) is 1. The molecule has 0 heterocycles. The molecule has 2 nitrogen and oxygen atoms in total. The fourth-order valence-electron chi connectivity index (χ4n) is 1.91. The van der Waals surface area contributed by atoms with Crippen molar-refractivity contribution in [2.45, 2.75) is 19.3 Å². The van der Waals surface area contributed by atoms with E-state index in [0.717, 1.165) is 17.0 Å². The molecule has 2 atom stereocenters. The Bertz CT molecular complexity index is 378. The number of carbonyl (C=O) groups is 1. The lowest BCUT2D eigenvalue weighted by molar-refractivity contribution is -0.122. The fraction of sp³-hybridized carbons (Fsp3) is 0.417. The summed E-state index contributed by atoms with van der Waals surface area (Å²) in [4.78, 5) is 11.5. The molecule has 1 N–H and O–H groups in total. The molecule has 0 bridgehead atoms. The molecule has 0 aliphatic heterocycles. The van der Waals surface area contributed by atoms with Gasteiger partial charge in [-0.25, -0.2) is 0 Å². The van der Waals surface area contributed by atoms with Crippen LogP contribution < -0.4 is 5.32 Å². The SMILES string of the molecule is CCNC(=O)C1CC1c1ccccc1Cl. The van der Waals surface area contributed by atoms with E-state index in [-0.39, 0.29) is 11.8 Å². The van der Waals surface area contributed by atoms with Crippen molar-refractivity contribution in [2.75, 3.05) is 6.54 Å². The van der Waals surface area contributed by atoms with Crippen molar-refractivity contribution in [3.8, 4) is 0 Å². The minimum Gasteiger partial charge on any atom is -0.356 e. The quantitative estimate of drug-likeness (QED) is 0.839. The van der Waals surface area contributed by atoms with Crippen LogP contribution in [0.5, 0.6) is 0 Å².